The van der Waals surface area contributed by atoms with Gasteiger partial charge in [-0.1, -0.05) is 38.1 Å². The molecule has 0 unspecified atom stereocenters. The molecule has 3 aromatic rings. The highest BCUT2D eigenvalue weighted by Gasteiger charge is 2.09. The molecule has 0 fully saturated rings. The molecule has 0 N–H and O–H groups in total. The quantitative estimate of drug-likeness (QED) is 0.604. The van der Waals surface area contributed by atoms with Gasteiger partial charge in [0.1, 0.15) is 12.4 Å². The highest BCUT2D eigenvalue weighted by molar-refractivity contribution is 5.82. The van der Waals surface area contributed by atoms with E-state index in [2.05, 4.69) is 31.0 Å². The van der Waals surface area contributed by atoms with Crippen LogP contribution in [0.3, 0.4) is 0 Å². The predicted octanol–water partition coefficient (Wildman–Crippen LogP) is 4.44. The first-order valence-corrected chi connectivity index (χ1v) is 8.36. The lowest BCUT2D eigenvalue weighted by atomic mass is 9.99. The number of nitrogens with zero attached hydrogens (tertiary/aromatic N) is 2. The monoisotopic (exact) mass is 322 g/mol. The first-order valence-electron chi connectivity index (χ1n) is 8.36. The summed E-state index contributed by atoms with van der Waals surface area (Å²) in [5, 5.41) is 0. The van der Waals surface area contributed by atoms with Crippen molar-refractivity contribution in [2.75, 3.05) is 6.61 Å². The molecule has 3 rings (SSSR count). The van der Waals surface area contributed by atoms with Gasteiger partial charge in [-0.15, -0.1) is 0 Å². The summed E-state index contributed by atoms with van der Waals surface area (Å²) in [7, 11) is 0. The molecule has 0 saturated heterocycles. The van der Waals surface area contributed by atoms with E-state index in [4.69, 9.17) is 4.74 Å². The van der Waals surface area contributed by atoms with Crippen molar-refractivity contribution in [2.24, 2.45) is 0 Å². The summed E-state index contributed by atoms with van der Waals surface area (Å²) >= 11 is 0. The molecule has 0 aliphatic carbocycles. The number of rotatable bonds is 7. The van der Waals surface area contributed by atoms with E-state index in [1.807, 2.05) is 41.0 Å². The second-order valence-electron chi connectivity index (χ2n) is 5.95. The lowest BCUT2D eigenvalue weighted by Crippen LogP contribution is -2.10. The zero-order valence-corrected chi connectivity index (χ0v) is 14.1. The van der Waals surface area contributed by atoms with Crippen LogP contribution < -0.4 is 4.74 Å². The summed E-state index contributed by atoms with van der Waals surface area (Å²) in [4.78, 5) is 15.6. The fraction of sp³-hybridized carbons (Fsp3) is 0.300. The first-order chi connectivity index (χ1) is 11.7. The summed E-state index contributed by atoms with van der Waals surface area (Å²) in [6, 6.07) is 16.0. The Bertz CT molecular complexity index is 821. The van der Waals surface area contributed by atoms with E-state index in [9.17, 15) is 4.79 Å². The second kappa shape index (κ2) is 7.30. The van der Waals surface area contributed by atoms with E-state index in [-0.39, 0.29) is 0 Å². The topological polar surface area (TPSA) is 44.1 Å². The Hall–Kier alpha value is -2.62. The Balaban J connectivity index is 1.67. The van der Waals surface area contributed by atoms with Crippen LogP contribution in [0.25, 0.3) is 11.0 Å². The largest absolute Gasteiger partial charge is 0.492 e. The van der Waals surface area contributed by atoms with Crippen molar-refractivity contribution in [3.63, 3.8) is 0 Å². The number of para-hydroxylation sites is 2. The Morgan fingerprint density at radius 3 is 2.62 bits per heavy atom. The molecular formula is C20H22N2O2. The molecule has 4 nitrogen and oxygen atoms in total. The van der Waals surface area contributed by atoms with E-state index in [0.717, 1.165) is 29.5 Å². The molecule has 4 heteroatoms. The number of aromatic nitrogens is 2. The van der Waals surface area contributed by atoms with Crippen molar-refractivity contribution in [1.82, 2.24) is 9.55 Å². The Morgan fingerprint density at radius 1 is 1.17 bits per heavy atom. The minimum atomic E-state index is 0.437. The van der Waals surface area contributed by atoms with Crippen molar-refractivity contribution in [3.05, 3.63) is 59.9 Å². The van der Waals surface area contributed by atoms with Crippen LogP contribution in [0.1, 0.15) is 42.4 Å². The minimum Gasteiger partial charge on any atom is -0.492 e. The molecule has 1 heterocycles. The molecule has 0 spiro atoms. The van der Waals surface area contributed by atoms with Crippen LogP contribution in [0.2, 0.25) is 0 Å². The average molecular weight is 322 g/mol. The number of aldehydes is 1. The maximum absolute atomic E-state index is 11.2. The summed E-state index contributed by atoms with van der Waals surface area (Å²) < 4.78 is 7.73. The molecule has 1 aromatic heterocycles. The number of carbonyl (C=O) groups excluding carboxylic acids is 1. The van der Waals surface area contributed by atoms with E-state index >= 15 is 0 Å². The van der Waals surface area contributed by atoms with Gasteiger partial charge >= 0.3 is 0 Å². The van der Waals surface area contributed by atoms with Crippen molar-refractivity contribution in [1.29, 1.82) is 0 Å². The number of hydrogen-bond donors (Lipinski definition) is 0. The van der Waals surface area contributed by atoms with Gasteiger partial charge in [0.15, 0.2) is 12.1 Å². The fourth-order valence-electron chi connectivity index (χ4n) is 2.80. The molecule has 124 valence electrons. The molecular weight excluding hydrogens is 300 g/mol. The van der Waals surface area contributed by atoms with Crippen molar-refractivity contribution >= 4 is 17.3 Å². The number of carbonyl (C=O) groups is 1. The smallest absolute Gasteiger partial charge is 0.185 e. The van der Waals surface area contributed by atoms with Gasteiger partial charge in [0.05, 0.1) is 17.6 Å². The van der Waals surface area contributed by atoms with Gasteiger partial charge in [0.2, 0.25) is 0 Å². The lowest BCUT2D eigenvalue weighted by molar-refractivity contribution is 0.111. The van der Waals surface area contributed by atoms with E-state index < -0.39 is 0 Å². The van der Waals surface area contributed by atoms with Gasteiger partial charge in [-0.05, 0) is 42.2 Å². The van der Waals surface area contributed by atoms with E-state index in [0.29, 0.717) is 24.9 Å². The Labute approximate surface area is 142 Å². The second-order valence-corrected chi connectivity index (χ2v) is 5.95. The van der Waals surface area contributed by atoms with Gasteiger partial charge < -0.3 is 9.30 Å². The van der Waals surface area contributed by atoms with Crippen molar-refractivity contribution in [2.45, 2.75) is 32.7 Å². The number of ether oxygens (including phenoxy) is 1. The van der Waals surface area contributed by atoms with E-state index in [1.54, 1.807) is 0 Å². The number of imidazole rings is 1. The van der Waals surface area contributed by atoms with Crippen LogP contribution in [0.15, 0.2) is 48.5 Å². The van der Waals surface area contributed by atoms with Crippen LogP contribution in [-0.2, 0) is 6.54 Å². The Morgan fingerprint density at radius 2 is 1.92 bits per heavy atom. The average Bonchev–Trinajstić information content (AvgIpc) is 2.99. The summed E-state index contributed by atoms with van der Waals surface area (Å²) in [6.07, 6.45) is 1.92. The molecule has 0 saturated carbocycles. The van der Waals surface area contributed by atoms with Gasteiger partial charge in [-0.3, -0.25) is 4.79 Å². The van der Waals surface area contributed by atoms with Crippen molar-refractivity contribution in [3.8, 4) is 5.75 Å². The number of benzene rings is 2. The maximum Gasteiger partial charge on any atom is 0.185 e. The molecule has 2 aromatic carbocycles. The molecule has 1 atom stereocenters. The standard InChI is InChI=1S/C20H22N2O2/c1-3-15(2)16-8-10-17(11-9-16)24-13-12-22-19-7-5-4-6-18(19)21-20(22)14-23/h4-11,14-15H,3,12-13H2,1-2H3/t15-/m0/s1. The minimum absolute atomic E-state index is 0.437. The van der Waals surface area contributed by atoms with Crippen LogP contribution >= 0.6 is 0 Å². The zero-order chi connectivity index (χ0) is 16.9. The van der Waals surface area contributed by atoms with Gasteiger partial charge in [-0.25, -0.2) is 4.98 Å². The maximum atomic E-state index is 11.2. The van der Waals surface area contributed by atoms with E-state index in [1.165, 1.54) is 5.56 Å². The predicted molar refractivity (Wildman–Crippen MR) is 95.8 cm³/mol. The van der Waals surface area contributed by atoms with Crippen LogP contribution in [-0.4, -0.2) is 22.4 Å². The number of fused-ring (bicyclic) bond motifs is 1. The van der Waals surface area contributed by atoms with Crippen molar-refractivity contribution < 1.29 is 9.53 Å². The third-order valence-electron chi connectivity index (χ3n) is 4.43. The van der Waals surface area contributed by atoms with Crippen LogP contribution in [0.5, 0.6) is 5.75 Å². The molecule has 0 aliphatic rings. The first kappa shape index (κ1) is 16.2. The van der Waals surface area contributed by atoms with Crippen LogP contribution in [0.4, 0.5) is 0 Å². The fourth-order valence-corrected chi connectivity index (χ4v) is 2.80. The summed E-state index contributed by atoms with van der Waals surface area (Å²) in [5.74, 6) is 1.84. The SMILES string of the molecule is CC[C@H](C)c1ccc(OCCn2c(C=O)nc3ccccc32)cc1. The zero-order valence-electron chi connectivity index (χ0n) is 14.1. The normalized spacial score (nSPS) is 12.2. The molecule has 0 amide bonds. The van der Waals surface area contributed by atoms with Crippen LogP contribution in [0, 0.1) is 0 Å². The lowest BCUT2D eigenvalue weighted by Gasteiger charge is -2.11. The summed E-state index contributed by atoms with van der Waals surface area (Å²) in [6.45, 7) is 5.49. The molecule has 0 bridgehead atoms. The highest BCUT2D eigenvalue weighted by atomic mass is 16.5. The van der Waals surface area contributed by atoms with Gasteiger partial charge in [-0.2, -0.15) is 0 Å². The third-order valence-corrected chi connectivity index (χ3v) is 4.43. The molecule has 0 aliphatic heterocycles. The molecule has 0 radical (unpaired) electrons. The van der Waals surface area contributed by atoms with Gasteiger partial charge in [0, 0.05) is 0 Å². The highest BCUT2D eigenvalue weighted by Crippen LogP contribution is 2.21. The number of hydrogen-bond acceptors (Lipinski definition) is 3. The Kier molecular flexibility index (Phi) is 4.94. The van der Waals surface area contributed by atoms with Gasteiger partial charge in [0.25, 0.3) is 0 Å². The molecule has 24 heavy (non-hydrogen) atoms. The summed E-state index contributed by atoms with van der Waals surface area (Å²) in [5.41, 5.74) is 3.11. The third kappa shape index (κ3) is 3.32.